The van der Waals surface area contributed by atoms with Crippen molar-refractivity contribution in [2.24, 2.45) is 0 Å². The van der Waals surface area contributed by atoms with Gasteiger partial charge in [0.05, 0.1) is 7.11 Å². The summed E-state index contributed by atoms with van der Waals surface area (Å²) in [5.41, 5.74) is 4.95. The lowest BCUT2D eigenvalue weighted by molar-refractivity contribution is 0.0732. The highest BCUT2D eigenvalue weighted by Crippen LogP contribution is 2.28. The molecule has 5 nitrogen and oxygen atoms in total. The van der Waals surface area contributed by atoms with Crippen molar-refractivity contribution in [3.8, 4) is 11.5 Å². The summed E-state index contributed by atoms with van der Waals surface area (Å²) >= 11 is 0. The van der Waals surface area contributed by atoms with Crippen molar-refractivity contribution < 1.29 is 14.6 Å². The number of nitrogens with zero attached hydrogens (tertiary/aromatic N) is 1. The van der Waals surface area contributed by atoms with Crippen LogP contribution in [0.5, 0.6) is 11.5 Å². The highest BCUT2D eigenvalue weighted by atomic mass is 16.5. The number of rotatable bonds is 13. The predicted molar refractivity (Wildman–Crippen MR) is 134 cm³/mol. The van der Waals surface area contributed by atoms with Crippen LogP contribution in [-0.2, 0) is 19.5 Å². The predicted octanol–water partition coefficient (Wildman–Crippen LogP) is 4.21. The van der Waals surface area contributed by atoms with Crippen molar-refractivity contribution in [2.45, 2.75) is 32.5 Å². The average Bonchev–Trinajstić information content (AvgIpc) is 2.82. The van der Waals surface area contributed by atoms with Gasteiger partial charge < -0.3 is 19.9 Å². The molecule has 33 heavy (non-hydrogen) atoms. The highest BCUT2D eigenvalue weighted by molar-refractivity contribution is 5.43. The number of benzene rings is 3. The van der Waals surface area contributed by atoms with Gasteiger partial charge in [-0.3, -0.25) is 4.90 Å². The lowest BCUT2D eigenvalue weighted by Crippen LogP contribution is -2.32. The van der Waals surface area contributed by atoms with E-state index in [1.54, 1.807) is 7.11 Å². The van der Waals surface area contributed by atoms with Gasteiger partial charge in [-0.15, -0.1) is 0 Å². The maximum atomic E-state index is 10.5. The SMILES string of the molecule is COc1ccc(CNCCc2ccc(C)cc2)cc1OCC(O)CN(C)Cc1ccccc1. The van der Waals surface area contributed by atoms with E-state index in [9.17, 15) is 5.11 Å². The van der Waals surface area contributed by atoms with Crippen LogP contribution in [0.25, 0.3) is 0 Å². The van der Waals surface area contributed by atoms with Crippen LogP contribution in [0.15, 0.2) is 72.8 Å². The molecule has 0 aromatic heterocycles. The maximum Gasteiger partial charge on any atom is 0.161 e. The second-order valence-electron chi connectivity index (χ2n) is 8.54. The zero-order valence-electron chi connectivity index (χ0n) is 20.0. The molecule has 3 aromatic rings. The quantitative estimate of drug-likeness (QED) is 0.384. The fourth-order valence-corrected chi connectivity index (χ4v) is 3.72. The third kappa shape index (κ3) is 8.54. The zero-order valence-corrected chi connectivity index (χ0v) is 20.0. The Morgan fingerprint density at radius 2 is 1.64 bits per heavy atom. The highest BCUT2D eigenvalue weighted by Gasteiger charge is 2.12. The molecule has 1 atom stereocenters. The van der Waals surface area contributed by atoms with E-state index < -0.39 is 6.10 Å². The van der Waals surface area contributed by atoms with E-state index in [-0.39, 0.29) is 6.61 Å². The van der Waals surface area contributed by atoms with Crippen molar-refractivity contribution in [3.05, 3.63) is 95.1 Å². The molecule has 0 saturated heterocycles. The Balaban J connectivity index is 1.45. The van der Waals surface area contributed by atoms with Crippen LogP contribution in [0.2, 0.25) is 0 Å². The average molecular weight is 449 g/mol. The molecule has 5 heteroatoms. The van der Waals surface area contributed by atoms with Gasteiger partial charge in [-0.25, -0.2) is 0 Å². The Bertz CT molecular complexity index is 961. The summed E-state index contributed by atoms with van der Waals surface area (Å²) in [6, 6.07) is 24.8. The molecule has 0 heterocycles. The summed E-state index contributed by atoms with van der Waals surface area (Å²) < 4.78 is 11.4. The molecule has 1 unspecified atom stereocenters. The molecular weight excluding hydrogens is 412 g/mol. The van der Waals surface area contributed by atoms with E-state index in [1.807, 2.05) is 43.4 Å². The van der Waals surface area contributed by atoms with Crippen LogP contribution in [0, 0.1) is 6.92 Å². The Morgan fingerprint density at radius 1 is 0.909 bits per heavy atom. The molecule has 0 bridgehead atoms. The number of aliphatic hydroxyl groups is 1. The molecule has 0 aliphatic heterocycles. The Morgan fingerprint density at radius 3 is 2.36 bits per heavy atom. The van der Waals surface area contributed by atoms with Crippen LogP contribution in [-0.4, -0.2) is 50.0 Å². The second kappa shape index (κ2) is 13.0. The molecule has 0 saturated carbocycles. The molecule has 2 N–H and O–H groups in total. The van der Waals surface area contributed by atoms with Gasteiger partial charge in [-0.2, -0.15) is 0 Å². The molecule has 3 rings (SSSR count). The molecule has 0 spiro atoms. The molecule has 0 aliphatic rings. The first kappa shape index (κ1) is 24.8. The van der Waals surface area contributed by atoms with Gasteiger partial charge in [0, 0.05) is 19.6 Å². The summed E-state index contributed by atoms with van der Waals surface area (Å²) in [5, 5.41) is 14.0. The number of nitrogens with one attached hydrogen (secondary N) is 1. The third-order valence-electron chi connectivity index (χ3n) is 5.52. The summed E-state index contributed by atoms with van der Waals surface area (Å²) in [5.74, 6) is 1.32. The number of methoxy groups -OCH3 is 1. The summed E-state index contributed by atoms with van der Waals surface area (Å²) in [7, 11) is 3.63. The van der Waals surface area contributed by atoms with Gasteiger partial charge in [0.1, 0.15) is 12.7 Å². The van der Waals surface area contributed by atoms with E-state index in [2.05, 4.69) is 53.5 Å². The van der Waals surface area contributed by atoms with Crippen molar-refractivity contribution >= 4 is 0 Å². The summed E-state index contributed by atoms with van der Waals surface area (Å²) in [6.45, 7) is 5.27. The Hall–Kier alpha value is -2.86. The van der Waals surface area contributed by atoms with E-state index >= 15 is 0 Å². The largest absolute Gasteiger partial charge is 0.493 e. The molecule has 0 amide bonds. The molecule has 0 radical (unpaired) electrons. The third-order valence-corrected chi connectivity index (χ3v) is 5.52. The van der Waals surface area contributed by atoms with E-state index in [0.717, 1.165) is 31.6 Å². The fourth-order valence-electron chi connectivity index (χ4n) is 3.72. The standard InChI is InChI=1S/C28H36N2O3/c1-22-9-11-23(12-10-22)15-16-29-18-25-13-14-27(32-3)28(17-25)33-21-26(31)20-30(2)19-24-7-5-4-6-8-24/h4-14,17,26,29,31H,15-16,18-21H2,1-3H3. The van der Waals surface area contributed by atoms with Gasteiger partial charge in [0.25, 0.3) is 0 Å². The molecule has 176 valence electrons. The summed E-state index contributed by atoms with van der Waals surface area (Å²) in [4.78, 5) is 2.09. The van der Waals surface area contributed by atoms with Gasteiger partial charge >= 0.3 is 0 Å². The van der Waals surface area contributed by atoms with Crippen LogP contribution in [0.1, 0.15) is 22.3 Å². The molecular formula is C28H36N2O3. The Kier molecular flexibility index (Phi) is 9.76. The normalized spacial score (nSPS) is 12.0. The lowest BCUT2D eigenvalue weighted by atomic mass is 10.1. The van der Waals surface area contributed by atoms with Crippen LogP contribution < -0.4 is 14.8 Å². The van der Waals surface area contributed by atoms with Crippen molar-refractivity contribution in [2.75, 3.05) is 33.9 Å². The number of ether oxygens (including phenoxy) is 2. The minimum Gasteiger partial charge on any atom is -0.493 e. The van der Waals surface area contributed by atoms with Gasteiger partial charge in [-0.05, 0) is 55.8 Å². The number of hydrogen-bond acceptors (Lipinski definition) is 5. The van der Waals surface area contributed by atoms with Crippen LogP contribution in [0.4, 0.5) is 0 Å². The van der Waals surface area contributed by atoms with E-state index in [0.29, 0.717) is 18.0 Å². The van der Waals surface area contributed by atoms with Crippen molar-refractivity contribution in [1.82, 2.24) is 10.2 Å². The van der Waals surface area contributed by atoms with Gasteiger partial charge in [0.15, 0.2) is 11.5 Å². The smallest absolute Gasteiger partial charge is 0.161 e. The molecule has 0 fully saturated rings. The van der Waals surface area contributed by atoms with Gasteiger partial charge in [0.2, 0.25) is 0 Å². The zero-order chi connectivity index (χ0) is 23.5. The second-order valence-corrected chi connectivity index (χ2v) is 8.54. The number of aliphatic hydroxyl groups excluding tert-OH is 1. The Labute approximate surface area is 198 Å². The fraction of sp³-hybridized carbons (Fsp3) is 0.357. The van der Waals surface area contributed by atoms with Crippen LogP contribution >= 0.6 is 0 Å². The monoisotopic (exact) mass is 448 g/mol. The minimum atomic E-state index is -0.597. The van der Waals surface area contributed by atoms with E-state index in [4.69, 9.17) is 9.47 Å². The molecule has 0 aliphatic carbocycles. The summed E-state index contributed by atoms with van der Waals surface area (Å²) in [6.07, 6.45) is 0.391. The van der Waals surface area contributed by atoms with E-state index in [1.165, 1.54) is 16.7 Å². The maximum absolute atomic E-state index is 10.5. The number of likely N-dealkylation sites (N-methyl/N-ethyl adjacent to an activating group) is 1. The van der Waals surface area contributed by atoms with Crippen LogP contribution in [0.3, 0.4) is 0 Å². The van der Waals surface area contributed by atoms with Crippen molar-refractivity contribution in [1.29, 1.82) is 0 Å². The number of hydrogen-bond donors (Lipinski definition) is 2. The van der Waals surface area contributed by atoms with Gasteiger partial charge in [-0.1, -0.05) is 66.2 Å². The first-order valence-electron chi connectivity index (χ1n) is 11.5. The van der Waals surface area contributed by atoms with Crippen molar-refractivity contribution in [3.63, 3.8) is 0 Å². The number of aryl methyl sites for hydroxylation is 1. The topological polar surface area (TPSA) is 54.0 Å². The first-order chi connectivity index (χ1) is 16.0. The first-order valence-corrected chi connectivity index (χ1v) is 11.5. The molecule has 3 aromatic carbocycles. The lowest BCUT2D eigenvalue weighted by Gasteiger charge is -2.21. The minimum absolute atomic E-state index is 0.208.